The zero-order chi connectivity index (χ0) is 21.6. The molecule has 1 aromatic carbocycles. The summed E-state index contributed by atoms with van der Waals surface area (Å²) in [6.45, 7) is 2.95. The number of benzene rings is 1. The summed E-state index contributed by atoms with van der Waals surface area (Å²) in [5.41, 5.74) is 0.942. The molecule has 164 valence electrons. The number of carbonyl (C=O) groups excluding carboxylic acids is 2. The Morgan fingerprint density at radius 3 is 2.53 bits per heavy atom. The van der Waals surface area contributed by atoms with Gasteiger partial charge in [0, 0.05) is 38.9 Å². The first-order valence-corrected chi connectivity index (χ1v) is 10.4. The van der Waals surface area contributed by atoms with Crippen molar-refractivity contribution in [2.45, 2.75) is 44.6 Å². The standard InChI is InChI=1S/C21H31N5O4/c27-18(9-6-10-19(28)29)26-17(15-16-7-2-1-3-8-16)20(30)22-11-4-5-12-23-21-24-13-14-25-21/h1-3,7-8,17H,4-6,9-15H2,(H,22,30)(H,26,27)(H,28,29)(H2,23,24,25)/t17-/m0/s1. The molecule has 1 aromatic rings. The minimum atomic E-state index is -0.938. The predicted octanol–water partition coefficient (Wildman–Crippen LogP) is 0.414. The van der Waals surface area contributed by atoms with Gasteiger partial charge in [0.1, 0.15) is 6.04 Å². The van der Waals surface area contributed by atoms with Gasteiger partial charge in [-0.3, -0.25) is 19.4 Å². The molecule has 2 amide bonds. The van der Waals surface area contributed by atoms with Gasteiger partial charge in [0.15, 0.2) is 5.96 Å². The number of carbonyl (C=O) groups is 3. The van der Waals surface area contributed by atoms with E-state index >= 15 is 0 Å². The molecule has 0 fully saturated rings. The van der Waals surface area contributed by atoms with E-state index in [4.69, 9.17) is 5.11 Å². The summed E-state index contributed by atoms with van der Waals surface area (Å²) < 4.78 is 0. The molecule has 1 atom stereocenters. The van der Waals surface area contributed by atoms with Gasteiger partial charge in [-0.15, -0.1) is 0 Å². The molecule has 30 heavy (non-hydrogen) atoms. The maximum atomic E-state index is 12.6. The molecule has 0 saturated carbocycles. The number of unbranched alkanes of at least 4 members (excludes halogenated alkanes) is 1. The van der Waals surface area contributed by atoms with Crippen LogP contribution in [0.15, 0.2) is 35.3 Å². The van der Waals surface area contributed by atoms with Crippen LogP contribution in [-0.4, -0.2) is 61.1 Å². The van der Waals surface area contributed by atoms with E-state index in [0.29, 0.717) is 13.0 Å². The van der Waals surface area contributed by atoms with Crippen LogP contribution in [0, 0.1) is 0 Å². The highest BCUT2D eigenvalue weighted by molar-refractivity contribution is 5.88. The van der Waals surface area contributed by atoms with Crippen LogP contribution in [0.2, 0.25) is 0 Å². The number of amides is 2. The number of nitrogens with zero attached hydrogens (tertiary/aromatic N) is 1. The SMILES string of the molecule is O=C(O)CCCC(=O)N[C@@H](Cc1ccccc1)C(=O)NCCCCNC1=NCCN1. The Balaban J connectivity index is 1.75. The summed E-state index contributed by atoms with van der Waals surface area (Å²) in [4.78, 5) is 39.7. The molecule has 0 saturated heterocycles. The highest BCUT2D eigenvalue weighted by Crippen LogP contribution is 2.05. The second-order valence-corrected chi connectivity index (χ2v) is 7.14. The van der Waals surface area contributed by atoms with Gasteiger partial charge in [-0.05, 0) is 24.8 Å². The molecule has 9 heteroatoms. The summed E-state index contributed by atoms with van der Waals surface area (Å²) in [5.74, 6) is -0.666. The lowest BCUT2D eigenvalue weighted by molar-refractivity contribution is -0.137. The second kappa shape index (κ2) is 13.2. The highest BCUT2D eigenvalue weighted by atomic mass is 16.4. The fourth-order valence-corrected chi connectivity index (χ4v) is 3.03. The number of aliphatic imine (C=N–C) groups is 1. The molecular weight excluding hydrogens is 386 g/mol. The van der Waals surface area contributed by atoms with Gasteiger partial charge < -0.3 is 26.4 Å². The Morgan fingerprint density at radius 2 is 1.83 bits per heavy atom. The van der Waals surface area contributed by atoms with Gasteiger partial charge in [-0.2, -0.15) is 0 Å². The first-order valence-electron chi connectivity index (χ1n) is 10.4. The quantitative estimate of drug-likeness (QED) is 0.296. The average molecular weight is 418 g/mol. The number of hydrogen-bond acceptors (Lipinski definition) is 6. The first-order chi connectivity index (χ1) is 14.5. The maximum absolute atomic E-state index is 12.6. The zero-order valence-electron chi connectivity index (χ0n) is 17.2. The van der Waals surface area contributed by atoms with Crippen molar-refractivity contribution in [1.82, 2.24) is 21.3 Å². The molecule has 0 aliphatic carbocycles. The van der Waals surface area contributed by atoms with Crippen molar-refractivity contribution in [3.05, 3.63) is 35.9 Å². The normalized spacial score (nSPS) is 13.7. The van der Waals surface area contributed by atoms with E-state index in [-0.39, 0.29) is 31.1 Å². The van der Waals surface area contributed by atoms with Crippen molar-refractivity contribution in [2.24, 2.45) is 4.99 Å². The maximum Gasteiger partial charge on any atom is 0.303 e. The van der Waals surface area contributed by atoms with Crippen molar-refractivity contribution in [2.75, 3.05) is 26.2 Å². The Labute approximate surface area is 176 Å². The minimum Gasteiger partial charge on any atom is -0.481 e. The van der Waals surface area contributed by atoms with E-state index < -0.39 is 12.0 Å². The molecule has 0 aromatic heterocycles. The largest absolute Gasteiger partial charge is 0.481 e. The van der Waals surface area contributed by atoms with Crippen LogP contribution in [0.25, 0.3) is 0 Å². The van der Waals surface area contributed by atoms with Crippen LogP contribution in [0.3, 0.4) is 0 Å². The number of carboxylic acid groups (broad SMARTS) is 1. The molecular formula is C21H31N5O4. The molecule has 9 nitrogen and oxygen atoms in total. The Kier molecular flexibility index (Phi) is 10.2. The molecule has 2 rings (SSSR count). The van der Waals surface area contributed by atoms with Gasteiger partial charge in [0.25, 0.3) is 0 Å². The summed E-state index contributed by atoms with van der Waals surface area (Å²) in [6, 6.07) is 8.78. The van der Waals surface area contributed by atoms with E-state index in [2.05, 4.69) is 26.3 Å². The lowest BCUT2D eigenvalue weighted by atomic mass is 10.0. The Hall–Kier alpha value is -3.10. The predicted molar refractivity (Wildman–Crippen MR) is 114 cm³/mol. The van der Waals surface area contributed by atoms with Crippen LogP contribution in [0.1, 0.15) is 37.7 Å². The molecule has 0 unspecified atom stereocenters. The first kappa shape index (κ1) is 23.2. The van der Waals surface area contributed by atoms with Crippen LogP contribution < -0.4 is 21.3 Å². The third kappa shape index (κ3) is 9.40. The summed E-state index contributed by atoms with van der Waals surface area (Å²) in [6.07, 6.45) is 2.31. The second-order valence-electron chi connectivity index (χ2n) is 7.14. The van der Waals surface area contributed by atoms with Crippen LogP contribution in [0.4, 0.5) is 0 Å². The van der Waals surface area contributed by atoms with E-state index in [0.717, 1.165) is 44.0 Å². The monoisotopic (exact) mass is 417 g/mol. The van der Waals surface area contributed by atoms with E-state index in [1.165, 1.54) is 0 Å². The fourth-order valence-electron chi connectivity index (χ4n) is 3.03. The number of rotatable bonds is 13. The van der Waals surface area contributed by atoms with Crippen LogP contribution in [-0.2, 0) is 20.8 Å². The number of hydrogen-bond donors (Lipinski definition) is 5. The van der Waals surface area contributed by atoms with Crippen molar-refractivity contribution in [1.29, 1.82) is 0 Å². The summed E-state index contributed by atoms with van der Waals surface area (Å²) in [7, 11) is 0. The van der Waals surface area contributed by atoms with E-state index in [1.54, 1.807) is 0 Å². The molecule has 1 aliphatic rings. The lowest BCUT2D eigenvalue weighted by Gasteiger charge is -2.19. The zero-order valence-corrected chi connectivity index (χ0v) is 17.2. The van der Waals surface area contributed by atoms with Gasteiger partial charge in [0.05, 0.1) is 6.54 Å². The number of carboxylic acids is 1. The third-order valence-corrected chi connectivity index (χ3v) is 4.60. The smallest absolute Gasteiger partial charge is 0.303 e. The molecule has 0 radical (unpaired) electrons. The number of guanidine groups is 1. The molecule has 0 bridgehead atoms. The van der Waals surface area contributed by atoms with Gasteiger partial charge >= 0.3 is 5.97 Å². The minimum absolute atomic E-state index is 0.0705. The molecule has 5 N–H and O–H groups in total. The molecule has 1 heterocycles. The topological polar surface area (TPSA) is 132 Å². The third-order valence-electron chi connectivity index (χ3n) is 4.60. The number of aliphatic carboxylic acids is 1. The van der Waals surface area contributed by atoms with Crippen molar-refractivity contribution in [3.8, 4) is 0 Å². The van der Waals surface area contributed by atoms with Crippen LogP contribution >= 0.6 is 0 Å². The van der Waals surface area contributed by atoms with E-state index in [9.17, 15) is 14.4 Å². The summed E-state index contributed by atoms with van der Waals surface area (Å²) in [5, 5.41) is 20.7. The van der Waals surface area contributed by atoms with Gasteiger partial charge in [-0.25, -0.2) is 0 Å². The van der Waals surface area contributed by atoms with Crippen molar-refractivity contribution >= 4 is 23.7 Å². The van der Waals surface area contributed by atoms with Crippen molar-refractivity contribution < 1.29 is 19.5 Å². The highest BCUT2D eigenvalue weighted by Gasteiger charge is 2.21. The summed E-state index contributed by atoms with van der Waals surface area (Å²) >= 11 is 0. The van der Waals surface area contributed by atoms with Gasteiger partial charge in [0.2, 0.25) is 11.8 Å². The van der Waals surface area contributed by atoms with Crippen LogP contribution in [0.5, 0.6) is 0 Å². The van der Waals surface area contributed by atoms with E-state index in [1.807, 2.05) is 30.3 Å². The van der Waals surface area contributed by atoms with Gasteiger partial charge in [-0.1, -0.05) is 30.3 Å². The van der Waals surface area contributed by atoms with Crippen molar-refractivity contribution in [3.63, 3.8) is 0 Å². The number of nitrogens with one attached hydrogen (secondary N) is 4. The Bertz CT molecular complexity index is 723. The molecule has 0 spiro atoms. The Morgan fingerprint density at radius 1 is 1.07 bits per heavy atom. The fraction of sp³-hybridized carbons (Fsp3) is 0.524. The average Bonchev–Trinajstić information content (AvgIpc) is 3.24. The molecule has 1 aliphatic heterocycles. The lowest BCUT2D eigenvalue weighted by Crippen LogP contribution is -2.48.